The van der Waals surface area contributed by atoms with Gasteiger partial charge in [0.2, 0.25) is 15.0 Å². The van der Waals surface area contributed by atoms with E-state index in [9.17, 15) is 22.0 Å². The van der Waals surface area contributed by atoms with E-state index >= 15 is 0 Å². The van der Waals surface area contributed by atoms with Gasteiger partial charge in [-0.25, -0.2) is 36.9 Å². The van der Waals surface area contributed by atoms with E-state index in [1.807, 2.05) is 0 Å². The third-order valence-electron chi connectivity index (χ3n) is 5.81. The number of benzene rings is 1. The molecule has 3 aromatic rings. The molecule has 0 radical (unpaired) electrons. The van der Waals surface area contributed by atoms with Gasteiger partial charge in [0.25, 0.3) is 0 Å². The van der Waals surface area contributed by atoms with Crippen LogP contribution >= 0.6 is 11.6 Å². The molecular formula is C24H23ClF2N6O4S. The second kappa shape index (κ2) is 11.8. The Morgan fingerprint density at radius 1 is 1.24 bits per heavy atom. The van der Waals surface area contributed by atoms with Crippen LogP contribution in [0, 0.1) is 11.6 Å². The van der Waals surface area contributed by atoms with Crippen molar-refractivity contribution in [2.45, 2.75) is 30.3 Å². The number of nitrogens with zero attached hydrogens (tertiary/aromatic N) is 5. The number of anilines is 1. The van der Waals surface area contributed by atoms with Crippen LogP contribution in [0.2, 0.25) is 5.15 Å². The van der Waals surface area contributed by atoms with Gasteiger partial charge in [-0.05, 0) is 30.5 Å². The van der Waals surface area contributed by atoms with Gasteiger partial charge in [0.1, 0.15) is 22.5 Å². The summed E-state index contributed by atoms with van der Waals surface area (Å²) in [4.78, 5) is 31.5. The topological polar surface area (TPSA) is 127 Å². The van der Waals surface area contributed by atoms with Crippen LogP contribution in [0.3, 0.4) is 0 Å². The lowest BCUT2D eigenvalue weighted by Gasteiger charge is -2.32. The summed E-state index contributed by atoms with van der Waals surface area (Å²) >= 11 is 5.83. The highest BCUT2D eigenvalue weighted by molar-refractivity contribution is 7.90. The molecule has 14 heteroatoms. The molecule has 0 aliphatic carbocycles. The molecule has 3 heterocycles. The van der Waals surface area contributed by atoms with Crippen molar-refractivity contribution in [2.75, 3.05) is 24.7 Å². The number of nitrogens with one attached hydrogen (secondary N) is 1. The SMILES string of the molecule is CS(=O)(=O)c1ncc(CC=NOc2ccnc(Cl)c2)c(C2CCN(C(=O)Nc3c(F)cccc3F)CC2)n1. The monoisotopic (exact) mass is 564 g/mol. The molecular weight excluding hydrogens is 542 g/mol. The lowest BCUT2D eigenvalue weighted by molar-refractivity contribution is 0.193. The van der Waals surface area contributed by atoms with Crippen LogP contribution < -0.4 is 10.2 Å². The number of para-hydroxylation sites is 1. The first-order valence-corrected chi connectivity index (χ1v) is 13.7. The Kier molecular flexibility index (Phi) is 8.47. The number of likely N-dealkylation sites (tertiary alicyclic amines) is 1. The molecule has 10 nitrogen and oxygen atoms in total. The van der Waals surface area contributed by atoms with Crippen molar-refractivity contribution in [3.05, 3.63) is 70.8 Å². The fraction of sp³-hybridized carbons (Fsp3) is 0.292. The first kappa shape index (κ1) is 27.3. The van der Waals surface area contributed by atoms with Crippen LogP contribution in [0.1, 0.15) is 30.0 Å². The van der Waals surface area contributed by atoms with Crippen molar-refractivity contribution < 1.29 is 26.8 Å². The maximum atomic E-state index is 13.9. The fourth-order valence-electron chi connectivity index (χ4n) is 3.93. The van der Waals surface area contributed by atoms with Crippen molar-refractivity contribution in [1.82, 2.24) is 19.9 Å². The number of hydrogen-bond acceptors (Lipinski definition) is 8. The second-order valence-electron chi connectivity index (χ2n) is 8.52. The molecule has 1 N–H and O–H groups in total. The number of carbonyl (C=O) groups is 1. The molecule has 0 bridgehead atoms. The van der Waals surface area contributed by atoms with Gasteiger partial charge in [-0.15, -0.1) is 0 Å². The highest BCUT2D eigenvalue weighted by Gasteiger charge is 2.28. The molecule has 200 valence electrons. The van der Waals surface area contributed by atoms with Crippen LogP contribution in [0.25, 0.3) is 0 Å². The average Bonchev–Trinajstić information content (AvgIpc) is 2.88. The second-order valence-corrected chi connectivity index (χ2v) is 10.8. The Balaban J connectivity index is 1.45. The zero-order chi connectivity index (χ0) is 27.3. The summed E-state index contributed by atoms with van der Waals surface area (Å²) in [7, 11) is -3.66. The molecule has 0 atom stereocenters. The standard InChI is InChI=1S/C24H23ClF2N6O4S/c1-38(35,36)23-29-14-16(5-10-30-37-17-6-9-28-20(25)13-17)21(31-23)15-7-11-33(12-8-15)24(34)32-22-18(26)3-2-4-19(22)27/h2-4,6,9-10,13-15H,5,7-8,11-12H2,1H3,(H,32,34). The van der Waals surface area contributed by atoms with E-state index in [-0.39, 0.29) is 35.7 Å². The number of carbonyl (C=O) groups excluding carboxylic acids is 1. The van der Waals surface area contributed by atoms with Crippen LogP contribution in [0.4, 0.5) is 19.3 Å². The number of rotatable bonds is 7. The maximum Gasteiger partial charge on any atom is 0.322 e. The van der Waals surface area contributed by atoms with Crippen LogP contribution in [0.5, 0.6) is 5.75 Å². The van der Waals surface area contributed by atoms with Gasteiger partial charge in [0.05, 0.1) is 5.69 Å². The molecule has 1 fully saturated rings. The molecule has 1 aromatic carbocycles. The summed E-state index contributed by atoms with van der Waals surface area (Å²) in [6.45, 7) is 0.536. The zero-order valence-electron chi connectivity index (χ0n) is 20.1. The van der Waals surface area contributed by atoms with Gasteiger partial charge < -0.3 is 15.1 Å². The first-order valence-electron chi connectivity index (χ1n) is 11.5. The Morgan fingerprint density at radius 2 is 1.95 bits per heavy atom. The molecule has 1 aliphatic rings. The van der Waals surface area contributed by atoms with Crippen LogP contribution in [-0.2, 0) is 16.3 Å². The summed E-state index contributed by atoms with van der Waals surface area (Å²) in [5, 5.41) is 6.15. The molecule has 0 saturated carbocycles. The van der Waals surface area contributed by atoms with E-state index in [1.54, 1.807) is 6.07 Å². The molecule has 2 aromatic heterocycles. The number of aromatic nitrogens is 3. The molecule has 0 unspecified atom stereocenters. The van der Waals surface area contributed by atoms with Gasteiger partial charge in [-0.3, -0.25) is 0 Å². The van der Waals surface area contributed by atoms with Gasteiger partial charge in [0.15, 0.2) is 5.75 Å². The Bertz CT molecular complexity index is 1450. The van der Waals surface area contributed by atoms with Crippen LogP contribution in [0.15, 0.2) is 53.0 Å². The molecule has 0 spiro atoms. The van der Waals surface area contributed by atoms with E-state index in [0.717, 1.165) is 18.4 Å². The summed E-state index contributed by atoms with van der Waals surface area (Å²) < 4.78 is 52.0. The van der Waals surface area contributed by atoms with Gasteiger partial charge in [0, 0.05) is 62.4 Å². The highest BCUT2D eigenvalue weighted by Crippen LogP contribution is 2.30. The summed E-state index contributed by atoms with van der Waals surface area (Å²) in [6.07, 6.45) is 6.58. The number of halogens is 3. The first-order chi connectivity index (χ1) is 18.1. The van der Waals surface area contributed by atoms with Crippen molar-refractivity contribution in [2.24, 2.45) is 5.16 Å². The van der Waals surface area contributed by atoms with E-state index in [1.165, 1.54) is 35.6 Å². The molecule has 38 heavy (non-hydrogen) atoms. The van der Waals surface area contributed by atoms with E-state index in [0.29, 0.717) is 29.8 Å². The minimum absolute atomic E-state index is 0.184. The van der Waals surface area contributed by atoms with Crippen LogP contribution in [-0.4, -0.2) is 59.9 Å². The quantitative estimate of drug-likeness (QED) is 0.197. The summed E-state index contributed by atoms with van der Waals surface area (Å²) in [6, 6.07) is 5.78. The molecule has 2 amide bonds. The third-order valence-corrected chi connectivity index (χ3v) is 6.88. The number of oxime groups is 1. The molecule has 1 saturated heterocycles. The Morgan fingerprint density at radius 3 is 2.61 bits per heavy atom. The number of amides is 2. The largest absolute Gasteiger partial charge is 0.357 e. The normalized spacial score (nSPS) is 14.6. The Labute approximate surface area is 222 Å². The minimum atomic E-state index is -3.66. The predicted octanol–water partition coefficient (Wildman–Crippen LogP) is 4.23. The van der Waals surface area contributed by atoms with Crippen molar-refractivity contribution in [3.8, 4) is 5.75 Å². The fourth-order valence-corrected chi connectivity index (χ4v) is 4.60. The number of pyridine rings is 1. The molecule has 4 rings (SSSR count). The zero-order valence-corrected chi connectivity index (χ0v) is 21.7. The van der Waals surface area contributed by atoms with Gasteiger partial charge in [-0.1, -0.05) is 22.8 Å². The third kappa shape index (κ3) is 6.78. The van der Waals surface area contributed by atoms with Gasteiger partial charge in [-0.2, -0.15) is 0 Å². The number of piperidine rings is 1. The smallest absolute Gasteiger partial charge is 0.322 e. The number of hydrogen-bond donors (Lipinski definition) is 1. The number of sulfone groups is 1. The number of urea groups is 1. The van der Waals surface area contributed by atoms with E-state index < -0.39 is 33.2 Å². The lowest BCUT2D eigenvalue weighted by atomic mass is 9.90. The summed E-state index contributed by atoms with van der Waals surface area (Å²) in [5.41, 5.74) is 0.666. The lowest BCUT2D eigenvalue weighted by Crippen LogP contribution is -2.41. The predicted molar refractivity (Wildman–Crippen MR) is 136 cm³/mol. The molecule has 1 aliphatic heterocycles. The minimum Gasteiger partial charge on any atom is -0.357 e. The van der Waals surface area contributed by atoms with Crippen molar-refractivity contribution >= 4 is 39.4 Å². The summed E-state index contributed by atoms with van der Waals surface area (Å²) in [5.74, 6) is -1.53. The maximum absolute atomic E-state index is 13.9. The van der Waals surface area contributed by atoms with E-state index in [4.69, 9.17) is 16.4 Å². The Hall–Kier alpha value is -3.71. The highest BCUT2D eigenvalue weighted by atomic mass is 35.5. The van der Waals surface area contributed by atoms with Crippen molar-refractivity contribution in [1.29, 1.82) is 0 Å². The average molecular weight is 565 g/mol. The van der Waals surface area contributed by atoms with E-state index in [2.05, 4.69) is 25.4 Å². The van der Waals surface area contributed by atoms with Gasteiger partial charge >= 0.3 is 6.03 Å². The van der Waals surface area contributed by atoms with Crippen molar-refractivity contribution in [3.63, 3.8) is 0 Å².